The lowest BCUT2D eigenvalue weighted by molar-refractivity contribution is -0.148. The van der Waals surface area contributed by atoms with Gasteiger partial charge < -0.3 is 9.80 Å². The molecule has 3 fully saturated rings. The van der Waals surface area contributed by atoms with Crippen LogP contribution in [0.4, 0.5) is 0 Å². The molecule has 1 saturated carbocycles. The van der Waals surface area contributed by atoms with Crippen LogP contribution in [-0.4, -0.2) is 56.0 Å². The minimum absolute atomic E-state index is 0.0286. The number of aromatic nitrogens is 3. The van der Waals surface area contributed by atoms with E-state index in [1.807, 2.05) is 44.9 Å². The van der Waals surface area contributed by atoms with E-state index in [1.165, 1.54) is 0 Å². The van der Waals surface area contributed by atoms with Crippen molar-refractivity contribution < 1.29 is 9.59 Å². The Hall–Kier alpha value is -2.70. The number of carbonyl (C=O) groups is 2. The summed E-state index contributed by atoms with van der Waals surface area (Å²) in [6.07, 6.45) is 7.32. The maximum atomic E-state index is 14.0. The summed E-state index contributed by atoms with van der Waals surface area (Å²) in [5, 5.41) is 4.55. The van der Waals surface area contributed by atoms with E-state index in [9.17, 15) is 9.59 Å². The van der Waals surface area contributed by atoms with Crippen LogP contribution in [0.5, 0.6) is 0 Å². The van der Waals surface area contributed by atoms with Gasteiger partial charge in [-0.2, -0.15) is 5.10 Å². The molecule has 0 radical (unpaired) electrons. The molecule has 2 aromatic rings. The molecule has 0 N–H and O–H groups in total. The molecule has 0 aromatic carbocycles. The number of nitrogens with zero attached hydrogens (tertiary/aromatic N) is 5. The summed E-state index contributed by atoms with van der Waals surface area (Å²) in [4.78, 5) is 35.4. The quantitative estimate of drug-likeness (QED) is 0.744. The number of rotatable bonds is 5. The molecular formula is C24H31N5O2. The van der Waals surface area contributed by atoms with Crippen molar-refractivity contribution in [3.8, 4) is 0 Å². The van der Waals surface area contributed by atoms with Crippen LogP contribution in [-0.2, 0) is 16.1 Å². The van der Waals surface area contributed by atoms with Crippen LogP contribution >= 0.6 is 0 Å². The van der Waals surface area contributed by atoms with Gasteiger partial charge in [0.2, 0.25) is 11.8 Å². The molecule has 2 aliphatic heterocycles. The van der Waals surface area contributed by atoms with Gasteiger partial charge in [-0.15, -0.1) is 0 Å². The van der Waals surface area contributed by atoms with Gasteiger partial charge in [-0.05, 0) is 57.7 Å². The Morgan fingerprint density at radius 2 is 2.06 bits per heavy atom. The van der Waals surface area contributed by atoms with Crippen LogP contribution in [0, 0.1) is 11.3 Å². The fourth-order valence-electron chi connectivity index (χ4n) is 5.49. The normalized spacial score (nSPS) is 26.3. The summed E-state index contributed by atoms with van der Waals surface area (Å²) in [7, 11) is 0. The van der Waals surface area contributed by atoms with E-state index in [2.05, 4.69) is 23.9 Å². The Bertz CT molecular complexity index is 967. The zero-order chi connectivity index (χ0) is 21.6. The van der Waals surface area contributed by atoms with Crippen molar-refractivity contribution in [2.45, 2.75) is 58.0 Å². The van der Waals surface area contributed by atoms with E-state index in [1.54, 1.807) is 6.20 Å². The van der Waals surface area contributed by atoms with E-state index >= 15 is 0 Å². The highest BCUT2D eigenvalue weighted by Gasteiger charge is 2.57. The molecule has 2 saturated heterocycles. The Labute approximate surface area is 183 Å². The number of amides is 2. The van der Waals surface area contributed by atoms with E-state index in [-0.39, 0.29) is 29.7 Å². The minimum atomic E-state index is -0.579. The average molecular weight is 422 g/mol. The largest absolute Gasteiger partial charge is 0.341 e. The molecule has 1 spiro atoms. The molecule has 5 rings (SSSR count). The lowest BCUT2D eigenvalue weighted by atomic mass is 9.70. The van der Waals surface area contributed by atoms with Crippen molar-refractivity contribution in [3.05, 3.63) is 48.0 Å². The second-order valence-electron chi connectivity index (χ2n) is 9.65. The van der Waals surface area contributed by atoms with Gasteiger partial charge in [0, 0.05) is 55.6 Å². The zero-order valence-electron chi connectivity index (χ0n) is 18.4. The molecule has 0 bridgehead atoms. The predicted octanol–water partition coefficient (Wildman–Crippen LogP) is 3.00. The summed E-state index contributed by atoms with van der Waals surface area (Å²) in [6.45, 7) is 6.62. The van der Waals surface area contributed by atoms with E-state index in [0.717, 1.165) is 43.6 Å². The van der Waals surface area contributed by atoms with Gasteiger partial charge >= 0.3 is 0 Å². The predicted molar refractivity (Wildman–Crippen MR) is 116 cm³/mol. The Morgan fingerprint density at radius 1 is 1.23 bits per heavy atom. The molecule has 3 aliphatic rings. The van der Waals surface area contributed by atoms with Crippen molar-refractivity contribution in [1.82, 2.24) is 24.6 Å². The number of pyridine rings is 1. The van der Waals surface area contributed by atoms with Crippen LogP contribution in [0.2, 0.25) is 0 Å². The summed E-state index contributed by atoms with van der Waals surface area (Å²) in [6, 6.07) is 8.07. The lowest BCUT2D eigenvalue weighted by Crippen LogP contribution is -2.52. The van der Waals surface area contributed by atoms with Gasteiger partial charge in [-0.3, -0.25) is 19.3 Å². The number of piperidine rings is 1. The standard InChI is InChI=1S/C24H31N5O2/c1-17(2)29-21(9-12-26-29)20-15-28(22(30)18-7-8-18)16-24(20)10-5-13-27(23(24)31)14-19-6-3-4-11-25-19/h3-4,6,9,11-12,17-18,20H,5,7-8,10,13-16H2,1-2H3/t20-,24+/m0/s1. The molecule has 7 heteroatoms. The summed E-state index contributed by atoms with van der Waals surface area (Å²) in [5.74, 6) is 0.525. The summed E-state index contributed by atoms with van der Waals surface area (Å²) < 4.78 is 2.03. The third-order valence-electron chi connectivity index (χ3n) is 7.17. The van der Waals surface area contributed by atoms with Crippen LogP contribution < -0.4 is 0 Å². The first-order valence-corrected chi connectivity index (χ1v) is 11.5. The number of carbonyl (C=O) groups excluding carboxylic acids is 2. The molecule has 7 nitrogen and oxygen atoms in total. The van der Waals surface area contributed by atoms with Crippen LogP contribution in [0.25, 0.3) is 0 Å². The summed E-state index contributed by atoms with van der Waals surface area (Å²) in [5.41, 5.74) is 1.40. The highest BCUT2D eigenvalue weighted by atomic mass is 16.2. The SMILES string of the molecule is CC(C)n1nccc1[C@@H]1CN(C(=O)C2CC2)C[C@]12CCCN(Cc1ccccn1)C2=O. The molecule has 31 heavy (non-hydrogen) atoms. The maximum absolute atomic E-state index is 14.0. The van der Waals surface area contributed by atoms with Crippen molar-refractivity contribution in [1.29, 1.82) is 0 Å². The second kappa shape index (κ2) is 7.77. The Balaban J connectivity index is 1.50. The molecule has 1 aliphatic carbocycles. The van der Waals surface area contributed by atoms with Crippen LogP contribution in [0.1, 0.15) is 62.9 Å². The maximum Gasteiger partial charge on any atom is 0.231 e. The van der Waals surface area contributed by atoms with Crippen molar-refractivity contribution in [3.63, 3.8) is 0 Å². The van der Waals surface area contributed by atoms with Crippen molar-refractivity contribution in [2.75, 3.05) is 19.6 Å². The minimum Gasteiger partial charge on any atom is -0.341 e. The first kappa shape index (κ1) is 20.2. The number of hydrogen-bond acceptors (Lipinski definition) is 4. The average Bonchev–Trinajstić information content (AvgIpc) is 3.37. The van der Waals surface area contributed by atoms with Gasteiger partial charge in [0.15, 0.2) is 0 Å². The van der Waals surface area contributed by atoms with E-state index in [4.69, 9.17) is 0 Å². The molecule has 2 atom stereocenters. The molecule has 164 valence electrons. The van der Waals surface area contributed by atoms with Crippen molar-refractivity contribution >= 4 is 11.8 Å². The first-order chi connectivity index (χ1) is 15.0. The van der Waals surface area contributed by atoms with Gasteiger partial charge in [-0.25, -0.2) is 0 Å². The van der Waals surface area contributed by atoms with Crippen molar-refractivity contribution in [2.24, 2.45) is 11.3 Å². The Morgan fingerprint density at radius 3 is 2.77 bits per heavy atom. The topological polar surface area (TPSA) is 71.3 Å². The van der Waals surface area contributed by atoms with Gasteiger partial charge in [-0.1, -0.05) is 6.07 Å². The molecule has 4 heterocycles. The van der Waals surface area contributed by atoms with Gasteiger partial charge in [0.25, 0.3) is 0 Å². The smallest absolute Gasteiger partial charge is 0.231 e. The highest BCUT2D eigenvalue weighted by Crippen LogP contribution is 2.51. The molecule has 2 amide bonds. The third kappa shape index (κ3) is 3.54. The zero-order valence-corrected chi connectivity index (χ0v) is 18.4. The lowest BCUT2D eigenvalue weighted by Gasteiger charge is -2.42. The Kier molecular flexibility index (Phi) is 5.07. The molecular weight excluding hydrogens is 390 g/mol. The molecule has 2 aromatic heterocycles. The fourth-order valence-corrected chi connectivity index (χ4v) is 5.49. The van der Waals surface area contributed by atoms with Crippen LogP contribution in [0.15, 0.2) is 36.7 Å². The second-order valence-corrected chi connectivity index (χ2v) is 9.65. The van der Waals surface area contributed by atoms with Gasteiger partial charge in [0.1, 0.15) is 0 Å². The number of hydrogen-bond donors (Lipinski definition) is 0. The first-order valence-electron chi connectivity index (χ1n) is 11.5. The van der Waals surface area contributed by atoms with E-state index in [0.29, 0.717) is 19.6 Å². The number of likely N-dealkylation sites (tertiary alicyclic amines) is 2. The highest BCUT2D eigenvalue weighted by molar-refractivity contribution is 5.88. The van der Waals surface area contributed by atoms with Gasteiger partial charge in [0.05, 0.1) is 17.7 Å². The third-order valence-corrected chi connectivity index (χ3v) is 7.17. The monoisotopic (exact) mass is 421 g/mol. The fraction of sp³-hybridized carbons (Fsp3) is 0.583. The van der Waals surface area contributed by atoms with Crippen LogP contribution in [0.3, 0.4) is 0 Å². The molecule has 0 unspecified atom stereocenters. The summed E-state index contributed by atoms with van der Waals surface area (Å²) >= 11 is 0. The van der Waals surface area contributed by atoms with E-state index < -0.39 is 5.41 Å².